The van der Waals surface area contributed by atoms with E-state index in [0.717, 1.165) is 11.1 Å². The number of amides is 1. The largest absolute Gasteiger partial charge is 0.351 e. The van der Waals surface area contributed by atoms with Crippen molar-refractivity contribution in [1.29, 1.82) is 5.26 Å². The number of hydrogen-bond acceptors (Lipinski definition) is 5. The average Bonchev–Trinajstić information content (AvgIpc) is 3.00. The maximum Gasteiger partial charge on any atom is 0.234 e. The fourth-order valence-corrected chi connectivity index (χ4v) is 5.06. The quantitative estimate of drug-likeness (QED) is 0.747. The van der Waals surface area contributed by atoms with E-state index in [1.54, 1.807) is 24.3 Å². The molecule has 29 heavy (non-hydrogen) atoms. The van der Waals surface area contributed by atoms with Crippen LogP contribution in [0.3, 0.4) is 0 Å². The Labute approximate surface area is 169 Å². The maximum atomic E-state index is 13.5. The molecule has 0 bridgehead atoms. The van der Waals surface area contributed by atoms with Crippen LogP contribution in [0.1, 0.15) is 23.1 Å². The van der Waals surface area contributed by atoms with E-state index < -0.39 is 9.84 Å². The topological polar surface area (TPSA) is 90.3 Å². The van der Waals surface area contributed by atoms with Crippen LogP contribution in [0.25, 0.3) is 0 Å². The molecule has 1 atom stereocenters. The van der Waals surface area contributed by atoms with Crippen molar-refractivity contribution in [2.24, 2.45) is 0 Å². The third-order valence-electron chi connectivity index (χ3n) is 4.75. The molecule has 2 aromatic rings. The summed E-state index contributed by atoms with van der Waals surface area (Å²) in [6.45, 7) is 0.833. The third kappa shape index (κ3) is 6.38. The van der Waals surface area contributed by atoms with E-state index in [4.69, 9.17) is 5.26 Å². The molecule has 1 saturated heterocycles. The van der Waals surface area contributed by atoms with E-state index in [-0.39, 0.29) is 35.8 Å². The molecule has 1 aliphatic heterocycles. The monoisotopic (exact) mass is 415 g/mol. The van der Waals surface area contributed by atoms with Gasteiger partial charge in [0, 0.05) is 19.1 Å². The molecule has 1 aliphatic rings. The first-order valence-electron chi connectivity index (χ1n) is 9.28. The number of nitrogens with zero attached hydrogens (tertiary/aromatic N) is 2. The molecule has 0 aromatic heterocycles. The van der Waals surface area contributed by atoms with Crippen molar-refractivity contribution in [2.75, 3.05) is 18.1 Å². The van der Waals surface area contributed by atoms with Crippen LogP contribution in [-0.2, 0) is 27.7 Å². The first kappa shape index (κ1) is 21.0. The Morgan fingerprint density at radius 1 is 1.17 bits per heavy atom. The van der Waals surface area contributed by atoms with Gasteiger partial charge in [-0.2, -0.15) is 5.26 Å². The van der Waals surface area contributed by atoms with Crippen molar-refractivity contribution in [1.82, 2.24) is 10.2 Å². The Morgan fingerprint density at radius 2 is 1.90 bits per heavy atom. The average molecular weight is 415 g/mol. The lowest BCUT2D eigenvalue weighted by molar-refractivity contribution is -0.123. The van der Waals surface area contributed by atoms with Gasteiger partial charge >= 0.3 is 0 Å². The van der Waals surface area contributed by atoms with E-state index in [1.807, 2.05) is 17.0 Å². The Morgan fingerprint density at radius 3 is 2.52 bits per heavy atom. The van der Waals surface area contributed by atoms with E-state index in [0.29, 0.717) is 25.1 Å². The summed E-state index contributed by atoms with van der Waals surface area (Å²) in [6.07, 6.45) is 0.424. The molecule has 2 aromatic carbocycles. The molecule has 0 radical (unpaired) electrons. The van der Waals surface area contributed by atoms with E-state index in [2.05, 4.69) is 11.4 Å². The highest BCUT2D eigenvalue weighted by molar-refractivity contribution is 7.91. The van der Waals surface area contributed by atoms with Gasteiger partial charge in [-0.3, -0.25) is 9.69 Å². The number of nitriles is 1. The fraction of sp³-hybridized carbons (Fsp3) is 0.333. The Hall–Kier alpha value is -2.76. The molecule has 1 heterocycles. The number of sulfone groups is 1. The lowest BCUT2D eigenvalue weighted by Crippen LogP contribution is -2.42. The molecule has 152 valence electrons. The number of carbonyl (C=O) groups is 1. The van der Waals surface area contributed by atoms with Crippen molar-refractivity contribution < 1.29 is 17.6 Å². The van der Waals surface area contributed by atoms with Gasteiger partial charge < -0.3 is 5.32 Å². The van der Waals surface area contributed by atoms with Gasteiger partial charge in [0.2, 0.25) is 5.91 Å². The predicted octanol–water partition coefficient (Wildman–Crippen LogP) is 2.00. The number of benzene rings is 2. The van der Waals surface area contributed by atoms with E-state index in [9.17, 15) is 17.6 Å². The molecule has 3 rings (SSSR count). The van der Waals surface area contributed by atoms with Crippen LogP contribution < -0.4 is 5.32 Å². The Balaban J connectivity index is 1.69. The van der Waals surface area contributed by atoms with Gasteiger partial charge in [0.1, 0.15) is 5.82 Å². The van der Waals surface area contributed by atoms with Crippen LogP contribution in [0.2, 0.25) is 0 Å². The Bertz CT molecular complexity index is 1020. The van der Waals surface area contributed by atoms with Crippen molar-refractivity contribution in [2.45, 2.75) is 25.6 Å². The smallest absolute Gasteiger partial charge is 0.234 e. The van der Waals surface area contributed by atoms with E-state index in [1.165, 1.54) is 12.1 Å². The van der Waals surface area contributed by atoms with Gasteiger partial charge in [-0.25, -0.2) is 12.8 Å². The van der Waals surface area contributed by atoms with Crippen LogP contribution >= 0.6 is 0 Å². The third-order valence-corrected chi connectivity index (χ3v) is 6.52. The molecular weight excluding hydrogens is 393 g/mol. The second kappa shape index (κ2) is 9.16. The highest BCUT2D eigenvalue weighted by atomic mass is 32.2. The molecule has 1 amide bonds. The first-order valence-corrected chi connectivity index (χ1v) is 11.1. The minimum Gasteiger partial charge on any atom is -0.351 e. The number of carbonyl (C=O) groups excluding carboxylic acids is 1. The summed E-state index contributed by atoms with van der Waals surface area (Å²) >= 11 is 0. The first-order chi connectivity index (χ1) is 13.8. The molecule has 0 aliphatic carbocycles. The van der Waals surface area contributed by atoms with Crippen LogP contribution in [-0.4, -0.2) is 43.3 Å². The van der Waals surface area contributed by atoms with Crippen LogP contribution in [0.5, 0.6) is 0 Å². The lowest BCUT2D eigenvalue weighted by Gasteiger charge is -2.23. The molecule has 1 unspecified atom stereocenters. The molecule has 1 fully saturated rings. The summed E-state index contributed by atoms with van der Waals surface area (Å²) < 4.78 is 36.7. The summed E-state index contributed by atoms with van der Waals surface area (Å²) in [4.78, 5) is 14.4. The predicted molar refractivity (Wildman–Crippen MR) is 107 cm³/mol. The van der Waals surface area contributed by atoms with Gasteiger partial charge in [-0.1, -0.05) is 24.3 Å². The summed E-state index contributed by atoms with van der Waals surface area (Å²) in [7, 11) is -3.07. The number of halogens is 1. The minimum atomic E-state index is -3.07. The normalized spacial score (nSPS) is 17.8. The van der Waals surface area contributed by atoms with Crippen LogP contribution in [0.4, 0.5) is 4.39 Å². The van der Waals surface area contributed by atoms with Gasteiger partial charge in [0.25, 0.3) is 0 Å². The second-order valence-electron chi connectivity index (χ2n) is 7.25. The van der Waals surface area contributed by atoms with E-state index >= 15 is 0 Å². The minimum absolute atomic E-state index is 0.0295. The molecule has 0 spiro atoms. The zero-order chi connectivity index (χ0) is 20.9. The lowest BCUT2D eigenvalue weighted by atomic mass is 10.1. The fourth-order valence-electron chi connectivity index (χ4n) is 3.39. The molecule has 6 nitrogen and oxygen atoms in total. The highest BCUT2D eigenvalue weighted by Crippen LogP contribution is 2.14. The Kier molecular flexibility index (Phi) is 6.62. The molecule has 1 N–H and O–H groups in total. The van der Waals surface area contributed by atoms with Crippen molar-refractivity contribution >= 4 is 15.7 Å². The summed E-state index contributed by atoms with van der Waals surface area (Å²) in [5.74, 6) is -0.548. The van der Waals surface area contributed by atoms with Gasteiger partial charge in [0.15, 0.2) is 9.84 Å². The number of hydrogen-bond donors (Lipinski definition) is 1. The van der Waals surface area contributed by atoms with Crippen LogP contribution in [0.15, 0.2) is 48.5 Å². The van der Waals surface area contributed by atoms with Crippen molar-refractivity contribution in [3.8, 4) is 6.07 Å². The summed E-state index contributed by atoms with van der Waals surface area (Å²) in [6, 6.07) is 14.9. The summed E-state index contributed by atoms with van der Waals surface area (Å²) in [5, 5.41) is 11.7. The SMILES string of the molecule is N#Cc1ccc(CN(CC(=O)NC2CCS(=O)(=O)C2)Cc2cccc(F)c2)cc1. The maximum absolute atomic E-state index is 13.5. The van der Waals surface area contributed by atoms with Gasteiger partial charge in [-0.05, 0) is 41.8 Å². The van der Waals surface area contributed by atoms with Gasteiger partial charge in [0.05, 0.1) is 29.7 Å². The number of rotatable bonds is 7. The summed E-state index contributed by atoms with van der Waals surface area (Å²) in [5.41, 5.74) is 2.19. The van der Waals surface area contributed by atoms with Gasteiger partial charge in [-0.15, -0.1) is 0 Å². The van der Waals surface area contributed by atoms with Crippen molar-refractivity contribution in [3.63, 3.8) is 0 Å². The van der Waals surface area contributed by atoms with Crippen molar-refractivity contribution in [3.05, 3.63) is 71.0 Å². The molecule has 0 saturated carbocycles. The zero-order valence-electron chi connectivity index (χ0n) is 15.8. The highest BCUT2D eigenvalue weighted by Gasteiger charge is 2.29. The van der Waals surface area contributed by atoms with Crippen LogP contribution in [0, 0.1) is 17.1 Å². The zero-order valence-corrected chi connectivity index (χ0v) is 16.7. The molecular formula is C21H22FN3O3S. The molecule has 8 heteroatoms. The number of nitrogens with one attached hydrogen (secondary N) is 1. The second-order valence-corrected chi connectivity index (χ2v) is 9.48. The standard InChI is InChI=1S/C21H22FN3O3S/c22-19-3-1-2-18(10-19)13-25(12-17-6-4-16(11-23)5-7-17)14-21(26)24-20-8-9-29(27,28)15-20/h1-7,10,20H,8-9,12-15H2,(H,24,26).